The molecular weight excluding hydrogens is 126 g/mol. The number of allylic oxidation sites excluding steroid dienone is 4. The number of aliphatic hydroxyl groups excluding tert-OH is 1. The van der Waals surface area contributed by atoms with E-state index in [4.69, 9.17) is 10.8 Å². The van der Waals surface area contributed by atoms with Crippen molar-refractivity contribution >= 4 is 0 Å². The zero-order valence-corrected chi connectivity index (χ0v) is 5.62. The van der Waals surface area contributed by atoms with Gasteiger partial charge in [0.2, 0.25) is 0 Å². The first-order valence-electron chi connectivity index (χ1n) is 3.17. The highest BCUT2D eigenvalue weighted by Gasteiger charge is 2.10. The quantitative estimate of drug-likeness (QED) is 0.531. The van der Waals surface area contributed by atoms with Crippen molar-refractivity contribution in [1.29, 1.82) is 0 Å². The van der Waals surface area contributed by atoms with Crippen LogP contribution in [-0.2, 0) is 0 Å². The van der Waals surface area contributed by atoms with Crippen molar-refractivity contribution in [2.75, 3.05) is 6.61 Å². The van der Waals surface area contributed by atoms with E-state index in [0.29, 0.717) is 0 Å². The van der Waals surface area contributed by atoms with Crippen molar-refractivity contribution in [2.24, 2.45) is 5.73 Å². The molecule has 0 aromatic rings. The van der Waals surface area contributed by atoms with E-state index in [1.807, 2.05) is 12.2 Å². The van der Waals surface area contributed by atoms with Crippen molar-refractivity contribution < 1.29 is 5.11 Å². The topological polar surface area (TPSA) is 46.2 Å². The van der Waals surface area contributed by atoms with Crippen LogP contribution < -0.4 is 5.73 Å². The molecule has 0 amide bonds. The smallest absolute Gasteiger partial charge is 0.103 e. The number of hydrogen-bond acceptors (Lipinski definition) is 2. The van der Waals surface area contributed by atoms with Gasteiger partial charge in [0.15, 0.2) is 0 Å². The van der Waals surface area contributed by atoms with Crippen LogP contribution in [0.15, 0.2) is 29.9 Å². The van der Waals surface area contributed by atoms with Gasteiger partial charge in [-0.1, -0.05) is 0 Å². The number of hydrogen-bond donors (Lipinski definition) is 2. The van der Waals surface area contributed by atoms with E-state index < -0.39 is 0 Å². The molecule has 0 unspecified atom stereocenters. The molecule has 0 saturated carbocycles. The molecule has 0 radical (unpaired) electrons. The minimum atomic E-state index is -0.255. The van der Waals surface area contributed by atoms with Gasteiger partial charge in [-0.3, -0.25) is 0 Å². The Morgan fingerprint density at radius 3 is 3.00 bits per heavy atom. The van der Waals surface area contributed by atoms with Gasteiger partial charge in [-0.15, -0.1) is 0 Å². The molecule has 2 nitrogen and oxygen atoms in total. The average Bonchev–Trinajstić information content (AvgIpc) is 2.05. The van der Waals surface area contributed by atoms with Gasteiger partial charge in [-0.2, -0.15) is 0 Å². The van der Waals surface area contributed by atoms with Gasteiger partial charge in [0.25, 0.3) is 0 Å². The molecule has 1 aliphatic rings. The van der Waals surface area contributed by atoms with Crippen LogP contribution in [0.3, 0.4) is 0 Å². The zero-order chi connectivity index (χ0) is 7.40. The first-order valence-corrected chi connectivity index (χ1v) is 3.17. The van der Waals surface area contributed by atoms with E-state index in [-0.39, 0.29) is 12.6 Å². The third kappa shape index (κ3) is 1.52. The highest BCUT2D eigenvalue weighted by atomic mass is 16.3. The van der Waals surface area contributed by atoms with Gasteiger partial charge in [-0.05, 0) is 0 Å². The standard InChI is InChI=1S/C8H10NO/c9-8(6-10)7-4-2-1-3-5-7/h2-5,8,10H,6,9H2/q+1/t8-/m1/s1. The third-order valence-corrected chi connectivity index (χ3v) is 1.37. The molecule has 0 spiro atoms. The first kappa shape index (κ1) is 7.16. The largest absolute Gasteiger partial charge is 0.394 e. The Morgan fingerprint density at radius 1 is 1.70 bits per heavy atom. The van der Waals surface area contributed by atoms with Gasteiger partial charge >= 0.3 is 0 Å². The van der Waals surface area contributed by atoms with Crippen LogP contribution in [0.1, 0.15) is 0 Å². The second-order valence-corrected chi connectivity index (χ2v) is 2.12. The Labute approximate surface area is 60.4 Å². The van der Waals surface area contributed by atoms with E-state index in [9.17, 15) is 0 Å². The Balaban J connectivity index is 2.65. The van der Waals surface area contributed by atoms with Gasteiger partial charge in [0.1, 0.15) is 12.2 Å². The fourth-order valence-electron chi connectivity index (χ4n) is 0.752. The van der Waals surface area contributed by atoms with Crippen LogP contribution in [0.4, 0.5) is 0 Å². The average molecular weight is 136 g/mol. The normalized spacial score (nSPS) is 18.0. The van der Waals surface area contributed by atoms with E-state index in [1.165, 1.54) is 0 Å². The summed E-state index contributed by atoms with van der Waals surface area (Å²) in [5, 5.41) is 8.65. The molecule has 10 heavy (non-hydrogen) atoms. The summed E-state index contributed by atoms with van der Waals surface area (Å²) < 4.78 is 0. The molecule has 0 aromatic heterocycles. The van der Waals surface area contributed by atoms with Crippen LogP contribution in [0.5, 0.6) is 0 Å². The maximum absolute atomic E-state index is 8.65. The van der Waals surface area contributed by atoms with Gasteiger partial charge in [-0.25, -0.2) is 0 Å². The Morgan fingerprint density at radius 2 is 2.50 bits per heavy atom. The predicted molar refractivity (Wildman–Crippen MR) is 40.1 cm³/mol. The molecule has 0 bridgehead atoms. The molecule has 1 atom stereocenters. The molecule has 3 N–H and O–H groups in total. The molecule has 2 heteroatoms. The predicted octanol–water partition coefficient (Wildman–Crippen LogP) is 0.162. The fraction of sp³-hybridized carbons (Fsp3) is 0.250. The Kier molecular flexibility index (Phi) is 2.35. The second kappa shape index (κ2) is 3.28. The fourth-order valence-corrected chi connectivity index (χ4v) is 0.752. The van der Waals surface area contributed by atoms with E-state index in [0.717, 1.165) is 5.57 Å². The Hall–Kier alpha value is -0.950. The van der Waals surface area contributed by atoms with Gasteiger partial charge in [0.05, 0.1) is 30.4 Å². The maximum atomic E-state index is 8.65. The molecular formula is C8H10NO+. The van der Waals surface area contributed by atoms with E-state index >= 15 is 0 Å². The lowest BCUT2D eigenvalue weighted by Crippen LogP contribution is -2.26. The van der Waals surface area contributed by atoms with Crippen LogP contribution in [0.2, 0.25) is 0 Å². The summed E-state index contributed by atoms with van der Waals surface area (Å²) in [6.07, 6.45) is 10.1. The molecule has 1 aliphatic carbocycles. The second-order valence-electron chi connectivity index (χ2n) is 2.12. The van der Waals surface area contributed by atoms with Crippen LogP contribution >= 0.6 is 0 Å². The SMILES string of the molecule is N[C@H](CO)C1=CC=[C+]C=C1. The molecule has 0 saturated heterocycles. The maximum Gasteiger partial charge on any atom is 0.103 e. The summed E-state index contributed by atoms with van der Waals surface area (Å²) in [6, 6.07) is -0.255. The summed E-state index contributed by atoms with van der Waals surface area (Å²) in [6.45, 7) is -0.00991. The molecule has 52 valence electrons. The van der Waals surface area contributed by atoms with Crippen molar-refractivity contribution in [3.05, 3.63) is 36.0 Å². The number of nitrogens with two attached hydrogens (primary N) is 1. The Bertz CT molecular complexity index is 191. The van der Waals surface area contributed by atoms with Crippen molar-refractivity contribution in [2.45, 2.75) is 6.04 Å². The summed E-state index contributed by atoms with van der Waals surface area (Å²) >= 11 is 0. The monoisotopic (exact) mass is 136 g/mol. The summed E-state index contributed by atoms with van der Waals surface area (Å²) in [5.74, 6) is 0. The van der Waals surface area contributed by atoms with Crippen LogP contribution in [0.25, 0.3) is 0 Å². The highest BCUT2D eigenvalue weighted by Crippen LogP contribution is 2.05. The summed E-state index contributed by atoms with van der Waals surface area (Å²) in [7, 11) is 0. The van der Waals surface area contributed by atoms with E-state index in [2.05, 4.69) is 6.08 Å². The number of aliphatic hydroxyl groups is 1. The highest BCUT2D eigenvalue weighted by molar-refractivity contribution is 5.33. The summed E-state index contributed by atoms with van der Waals surface area (Å²) in [5.41, 5.74) is 6.48. The molecule has 0 fully saturated rings. The van der Waals surface area contributed by atoms with E-state index in [1.54, 1.807) is 12.2 Å². The van der Waals surface area contributed by atoms with Crippen LogP contribution in [0, 0.1) is 6.08 Å². The van der Waals surface area contributed by atoms with Gasteiger partial charge < -0.3 is 10.8 Å². The lowest BCUT2D eigenvalue weighted by molar-refractivity contribution is 0.281. The molecule has 0 aromatic carbocycles. The first-order chi connectivity index (χ1) is 4.84. The summed E-state index contributed by atoms with van der Waals surface area (Å²) in [4.78, 5) is 0. The molecule has 0 heterocycles. The zero-order valence-electron chi connectivity index (χ0n) is 5.62. The minimum absolute atomic E-state index is 0.00991. The third-order valence-electron chi connectivity index (χ3n) is 1.37. The molecule has 1 rings (SSSR count). The van der Waals surface area contributed by atoms with Gasteiger partial charge in [0, 0.05) is 6.08 Å². The number of rotatable bonds is 2. The van der Waals surface area contributed by atoms with Crippen molar-refractivity contribution in [1.82, 2.24) is 0 Å². The van der Waals surface area contributed by atoms with Crippen molar-refractivity contribution in [3.8, 4) is 0 Å². The van der Waals surface area contributed by atoms with Crippen molar-refractivity contribution in [3.63, 3.8) is 0 Å². The molecule has 0 aliphatic heterocycles. The minimum Gasteiger partial charge on any atom is -0.394 e. The lowest BCUT2D eigenvalue weighted by atomic mass is 10.1. The van der Waals surface area contributed by atoms with Crippen LogP contribution in [-0.4, -0.2) is 17.8 Å². The lowest BCUT2D eigenvalue weighted by Gasteiger charge is -2.03.